The maximum absolute atomic E-state index is 12.1. The van der Waals surface area contributed by atoms with Crippen molar-refractivity contribution in [3.8, 4) is 6.07 Å². The average Bonchev–Trinajstić information content (AvgIpc) is 2.43. The van der Waals surface area contributed by atoms with Crippen molar-refractivity contribution in [3.63, 3.8) is 0 Å². The van der Waals surface area contributed by atoms with Crippen LogP contribution in [-0.2, 0) is 10.0 Å². The molecule has 2 N–H and O–H groups in total. The predicted molar refractivity (Wildman–Crippen MR) is 76.8 cm³/mol. The van der Waals surface area contributed by atoms with Gasteiger partial charge in [0.25, 0.3) is 0 Å². The number of aliphatic hydroxyl groups excluding tert-OH is 1. The van der Waals surface area contributed by atoms with E-state index in [0.717, 1.165) is 6.42 Å². The zero-order valence-corrected chi connectivity index (χ0v) is 12.7. The summed E-state index contributed by atoms with van der Waals surface area (Å²) in [7, 11) is -3.75. The van der Waals surface area contributed by atoms with E-state index < -0.39 is 10.0 Å². The molecule has 1 aromatic carbocycles. The first-order valence-corrected chi connectivity index (χ1v) is 8.07. The molecule has 5 nitrogen and oxygen atoms in total. The zero-order chi connectivity index (χ0) is 15.2. The van der Waals surface area contributed by atoms with Gasteiger partial charge >= 0.3 is 0 Å². The molecule has 0 aliphatic heterocycles. The van der Waals surface area contributed by atoms with Crippen LogP contribution in [0.1, 0.15) is 25.3 Å². The SMILES string of the molecule is CC(CO)CCCNS(=O)(=O)c1cc(Cl)ccc1C#N. The minimum absolute atomic E-state index is 0.0608. The summed E-state index contributed by atoms with van der Waals surface area (Å²) in [5.41, 5.74) is 0.0608. The summed E-state index contributed by atoms with van der Waals surface area (Å²) in [4.78, 5) is -0.109. The second kappa shape index (κ2) is 7.60. The summed E-state index contributed by atoms with van der Waals surface area (Å²) >= 11 is 5.77. The number of halogens is 1. The van der Waals surface area contributed by atoms with Gasteiger partial charge in [-0.2, -0.15) is 5.26 Å². The number of nitriles is 1. The van der Waals surface area contributed by atoms with Crippen molar-refractivity contribution in [2.75, 3.05) is 13.2 Å². The molecule has 1 aromatic rings. The lowest BCUT2D eigenvalue weighted by Crippen LogP contribution is -2.26. The van der Waals surface area contributed by atoms with E-state index in [1.807, 2.05) is 13.0 Å². The van der Waals surface area contributed by atoms with Crippen molar-refractivity contribution in [2.45, 2.75) is 24.7 Å². The van der Waals surface area contributed by atoms with E-state index in [1.165, 1.54) is 18.2 Å². The molecule has 0 aromatic heterocycles. The molecule has 0 radical (unpaired) electrons. The van der Waals surface area contributed by atoms with Gasteiger partial charge in [0.05, 0.1) is 5.56 Å². The molecule has 1 rings (SSSR count). The number of hydrogen-bond donors (Lipinski definition) is 2. The molecule has 0 fully saturated rings. The first kappa shape index (κ1) is 16.9. The van der Waals surface area contributed by atoms with Gasteiger partial charge in [0.15, 0.2) is 0 Å². The third-order valence-corrected chi connectivity index (χ3v) is 4.57. The highest BCUT2D eigenvalue weighted by Crippen LogP contribution is 2.20. The third-order valence-electron chi connectivity index (χ3n) is 2.83. The number of nitrogens with zero attached hydrogens (tertiary/aromatic N) is 1. The van der Waals surface area contributed by atoms with Crippen molar-refractivity contribution in [3.05, 3.63) is 28.8 Å². The van der Waals surface area contributed by atoms with E-state index in [1.54, 1.807) is 0 Å². The van der Waals surface area contributed by atoms with Gasteiger partial charge in [-0.05, 0) is 37.0 Å². The Labute approximate surface area is 124 Å². The standard InChI is InChI=1S/C13H17ClN2O3S/c1-10(9-17)3-2-6-16-20(18,19)13-7-12(14)5-4-11(13)8-15/h4-5,7,10,16-17H,2-3,6,9H2,1H3. The number of rotatable bonds is 7. The van der Waals surface area contributed by atoms with Crippen molar-refractivity contribution in [1.82, 2.24) is 4.72 Å². The number of hydrogen-bond acceptors (Lipinski definition) is 4. The molecule has 7 heteroatoms. The molecule has 0 saturated heterocycles. The molecule has 0 spiro atoms. The Hall–Kier alpha value is -1.13. The number of benzene rings is 1. The highest BCUT2D eigenvalue weighted by Gasteiger charge is 2.18. The Morgan fingerprint density at radius 3 is 2.80 bits per heavy atom. The Balaban J connectivity index is 2.75. The smallest absolute Gasteiger partial charge is 0.241 e. The van der Waals surface area contributed by atoms with Crippen LogP contribution in [0, 0.1) is 17.2 Å². The van der Waals surface area contributed by atoms with E-state index in [-0.39, 0.29) is 34.6 Å². The van der Waals surface area contributed by atoms with Crippen LogP contribution in [0.2, 0.25) is 5.02 Å². The van der Waals surface area contributed by atoms with Gasteiger partial charge in [-0.1, -0.05) is 18.5 Å². The summed E-state index contributed by atoms with van der Waals surface area (Å²) in [6.45, 7) is 2.23. The van der Waals surface area contributed by atoms with Gasteiger partial charge in [0, 0.05) is 18.2 Å². The van der Waals surface area contributed by atoms with Crippen LogP contribution >= 0.6 is 11.6 Å². The van der Waals surface area contributed by atoms with Crippen molar-refractivity contribution in [2.24, 2.45) is 5.92 Å². The summed E-state index contributed by atoms with van der Waals surface area (Å²) < 4.78 is 26.7. The maximum Gasteiger partial charge on any atom is 0.241 e. The summed E-state index contributed by atoms with van der Waals surface area (Å²) in [5.74, 6) is 0.139. The van der Waals surface area contributed by atoms with E-state index in [0.29, 0.717) is 6.42 Å². The Morgan fingerprint density at radius 1 is 1.50 bits per heavy atom. The predicted octanol–water partition coefficient (Wildman–Crippen LogP) is 1.90. The van der Waals surface area contributed by atoms with Crippen LogP contribution in [-0.4, -0.2) is 26.7 Å². The quantitative estimate of drug-likeness (QED) is 0.752. The van der Waals surface area contributed by atoms with E-state index in [9.17, 15) is 8.42 Å². The van der Waals surface area contributed by atoms with Crippen LogP contribution in [0.4, 0.5) is 0 Å². The fraction of sp³-hybridized carbons (Fsp3) is 0.462. The molecule has 20 heavy (non-hydrogen) atoms. The van der Waals surface area contributed by atoms with Crippen LogP contribution in [0.25, 0.3) is 0 Å². The Kier molecular flexibility index (Phi) is 6.43. The van der Waals surface area contributed by atoms with Gasteiger partial charge in [0.2, 0.25) is 10.0 Å². The molecule has 0 saturated carbocycles. The monoisotopic (exact) mass is 316 g/mol. The van der Waals surface area contributed by atoms with Gasteiger partial charge in [-0.3, -0.25) is 0 Å². The lowest BCUT2D eigenvalue weighted by Gasteiger charge is -2.10. The summed E-state index contributed by atoms with van der Waals surface area (Å²) in [6, 6.07) is 5.95. The third kappa shape index (κ3) is 4.76. The molecule has 1 unspecified atom stereocenters. The molecule has 0 heterocycles. The van der Waals surface area contributed by atoms with Gasteiger partial charge in [-0.15, -0.1) is 0 Å². The lowest BCUT2D eigenvalue weighted by atomic mass is 10.1. The van der Waals surface area contributed by atoms with Crippen LogP contribution in [0.15, 0.2) is 23.1 Å². The molecule has 110 valence electrons. The van der Waals surface area contributed by atoms with E-state index in [2.05, 4.69) is 4.72 Å². The van der Waals surface area contributed by atoms with Crippen molar-refractivity contribution in [1.29, 1.82) is 5.26 Å². The molecule has 0 aliphatic rings. The van der Waals surface area contributed by atoms with Gasteiger partial charge < -0.3 is 5.11 Å². The first-order chi connectivity index (χ1) is 9.40. The Morgan fingerprint density at radius 2 is 2.20 bits per heavy atom. The lowest BCUT2D eigenvalue weighted by molar-refractivity contribution is 0.228. The topological polar surface area (TPSA) is 90.2 Å². The van der Waals surface area contributed by atoms with Crippen LogP contribution < -0.4 is 4.72 Å². The molecule has 0 aliphatic carbocycles. The fourth-order valence-corrected chi connectivity index (χ4v) is 3.13. The van der Waals surface area contributed by atoms with E-state index in [4.69, 9.17) is 22.0 Å². The average molecular weight is 317 g/mol. The highest BCUT2D eigenvalue weighted by molar-refractivity contribution is 7.89. The molecular weight excluding hydrogens is 300 g/mol. The maximum atomic E-state index is 12.1. The number of sulfonamides is 1. The summed E-state index contributed by atoms with van der Waals surface area (Å²) in [5, 5.41) is 18.1. The summed E-state index contributed by atoms with van der Waals surface area (Å²) in [6.07, 6.45) is 1.34. The second-order valence-corrected chi connectivity index (χ2v) is 6.75. The van der Waals surface area contributed by atoms with Gasteiger partial charge in [0.1, 0.15) is 11.0 Å². The fourth-order valence-electron chi connectivity index (χ4n) is 1.64. The normalized spacial score (nSPS) is 12.9. The molecular formula is C13H17ClN2O3S. The Bertz CT molecular complexity index is 596. The highest BCUT2D eigenvalue weighted by atomic mass is 35.5. The zero-order valence-electron chi connectivity index (χ0n) is 11.1. The van der Waals surface area contributed by atoms with Crippen LogP contribution in [0.3, 0.4) is 0 Å². The minimum atomic E-state index is -3.75. The van der Waals surface area contributed by atoms with Crippen molar-refractivity contribution < 1.29 is 13.5 Å². The van der Waals surface area contributed by atoms with Crippen LogP contribution in [0.5, 0.6) is 0 Å². The first-order valence-electron chi connectivity index (χ1n) is 6.21. The largest absolute Gasteiger partial charge is 0.396 e. The minimum Gasteiger partial charge on any atom is -0.396 e. The van der Waals surface area contributed by atoms with Crippen molar-refractivity contribution >= 4 is 21.6 Å². The van der Waals surface area contributed by atoms with E-state index >= 15 is 0 Å². The number of nitrogens with one attached hydrogen (secondary N) is 1. The second-order valence-electron chi connectivity index (χ2n) is 4.58. The molecule has 0 bridgehead atoms. The number of aliphatic hydroxyl groups is 1. The molecule has 1 atom stereocenters. The van der Waals surface area contributed by atoms with Gasteiger partial charge in [-0.25, -0.2) is 13.1 Å². The molecule has 0 amide bonds.